The molecule has 1 aliphatic carbocycles. The van der Waals surface area contributed by atoms with E-state index < -0.39 is 7.59 Å². The molecular formula is C21H38N3OPS. The molecule has 0 atom stereocenters. The first-order valence-corrected chi connectivity index (χ1v) is 13.3. The topological polar surface area (TPSA) is 44.4 Å². The lowest BCUT2D eigenvalue weighted by Gasteiger charge is -2.33. The van der Waals surface area contributed by atoms with Gasteiger partial charge in [-0.2, -0.15) is 0 Å². The Bertz CT molecular complexity index is 536. The molecule has 0 saturated heterocycles. The van der Waals surface area contributed by atoms with E-state index in [1.165, 1.54) is 51.4 Å². The van der Waals surface area contributed by atoms with Crippen LogP contribution in [0.15, 0.2) is 30.3 Å². The summed E-state index contributed by atoms with van der Waals surface area (Å²) in [5, 5.41) is 7.45. The Morgan fingerprint density at radius 3 is 1.96 bits per heavy atom. The second-order valence-corrected chi connectivity index (χ2v) is 11.1. The molecule has 1 aromatic rings. The van der Waals surface area contributed by atoms with Crippen molar-refractivity contribution in [3.63, 3.8) is 0 Å². The van der Waals surface area contributed by atoms with Crippen molar-refractivity contribution in [2.75, 3.05) is 17.2 Å². The third-order valence-electron chi connectivity index (χ3n) is 4.72. The molecule has 1 aromatic carbocycles. The first-order chi connectivity index (χ1) is 13.2. The Morgan fingerprint density at radius 1 is 0.926 bits per heavy atom. The predicted octanol–water partition coefficient (Wildman–Crippen LogP) is 6.75. The number of hydrogen-bond donors (Lipinski definition) is 2. The molecule has 4 nitrogen and oxygen atoms in total. The average Bonchev–Trinajstić information content (AvgIpc) is 3.51. The summed E-state index contributed by atoms with van der Waals surface area (Å²) in [7, 11) is -2.87. The summed E-state index contributed by atoms with van der Waals surface area (Å²) in [5.74, 6) is 0. The fourth-order valence-corrected chi connectivity index (χ4v) is 6.81. The molecular weight excluding hydrogens is 373 g/mol. The van der Waals surface area contributed by atoms with Crippen molar-refractivity contribution in [3.05, 3.63) is 30.3 Å². The highest BCUT2D eigenvalue weighted by Crippen LogP contribution is 2.53. The summed E-state index contributed by atoms with van der Waals surface area (Å²) in [4.78, 5) is 0. The molecule has 154 valence electrons. The van der Waals surface area contributed by atoms with Crippen LogP contribution in [0.25, 0.3) is 0 Å². The lowest BCUT2D eigenvalue weighted by atomic mass is 10.2. The first kappa shape index (κ1) is 22.8. The normalized spacial score (nSPS) is 14.4. The number of nitrogens with zero attached hydrogens (tertiary/aromatic N) is 1. The standard InChI is InChI=1S/C21H38N3OPS/c1-3-5-7-12-18-22-26(25,23-19-13-8-6-4-2)24(27-21-16-17-21)20-14-10-9-11-15-20/h9-11,14-15,21H,3-8,12-13,16-19H2,1-2H3,(H2,22,23,25). The Hall–Kier alpha value is -0.480. The molecule has 0 amide bonds. The first-order valence-electron chi connectivity index (χ1n) is 10.8. The summed E-state index contributed by atoms with van der Waals surface area (Å²) in [5.41, 5.74) is 1.03. The minimum atomic E-state index is -2.87. The van der Waals surface area contributed by atoms with E-state index in [1.54, 1.807) is 11.9 Å². The molecule has 0 aliphatic heterocycles. The summed E-state index contributed by atoms with van der Waals surface area (Å²) in [6, 6.07) is 10.2. The van der Waals surface area contributed by atoms with Crippen LogP contribution in [-0.2, 0) is 4.57 Å². The molecule has 0 aromatic heterocycles. The number of rotatable bonds is 16. The summed E-state index contributed by atoms with van der Waals surface area (Å²) < 4.78 is 16.1. The zero-order valence-corrected chi connectivity index (χ0v) is 18.9. The SMILES string of the molecule is CCCCCCNP(=O)(NCCCCCC)N(SC1CC1)c1ccccc1. The Morgan fingerprint density at radius 2 is 1.48 bits per heavy atom. The zero-order valence-electron chi connectivity index (χ0n) is 17.2. The van der Waals surface area contributed by atoms with Gasteiger partial charge < -0.3 is 0 Å². The highest BCUT2D eigenvalue weighted by atomic mass is 32.2. The molecule has 0 heterocycles. The van der Waals surface area contributed by atoms with Gasteiger partial charge in [-0.25, -0.2) is 14.3 Å². The van der Waals surface area contributed by atoms with Gasteiger partial charge >= 0.3 is 7.59 Å². The van der Waals surface area contributed by atoms with Gasteiger partial charge in [-0.15, -0.1) is 0 Å². The Labute approximate surface area is 170 Å². The lowest BCUT2D eigenvalue weighted by Crippen LogP contribution is -2.33. The van der Waals surface area contributed by atoms with E-state index in [1.807, 2.05) is 18.2 Å². The number of benzene rings is 1. The molecule has 0 radical (unpaired) electrons. The summed E-state index contributed by atoms with van der Waals surface area (Å²) in [6.07, 6.45) is 11.9. The molecule has 1 fully saturated rings. The average molecular weight is 412 g/mol. The molecule has 1 aliphatic rings. The maximum atomic E-state index is 14.0. The Kier molecular flexibility index (Phi) is 10.9. The third kappa shape index (κ3) is 8.60. The molecule has 2 rings (SSSR count). The predicted molar refractivity (Wildman–Crippen MR) is 121 cm³/mol. The second kappa shape index (κ2) is 12.9. The lowest BCUT2D eigenvalue weighted by molar-refractivity contribution is 0.544. The minimum absolute atomic E-state index is 0.599. The van der Waals surface area contributed by atoms with Crippen LogP contribution in [0, 0.1) is 0 Å². The molecule has 27 heavy (non-hydrogen) atoms. The van der Waals surface area contributed by atoms with Crippen LogP contribution in [0.4, 0.5) is 5.69 Å². The van der Waals surface area contributed by atoms with Crippen LogP contribution in [0.5, 0.6) is 0 Å². The number of para-hydroxylation sites is 1. The van der Waals surface area contributed by atoms with Crippen molar-refractivity contribution < 1.29 is 4.57 Å². The summed E-state index contributed by atoms with van der Waals surface area (Å²) >= 11 is 1.75. The van der Waals surface area contributed by atoms with Gasteiger partial charge in [0.1, 0.15) is 0 Å². The minimum Gasteiger partial charge on any atom is -0.263 e. The number of hydrogen-bond acceptors (Lipinski definition) is 2. The molecule has 2 N–H and O–H groups in total. The van der Waals surface area contributed by atoms with Crippen molar-refractivity contribution in [3.8, 4) is 0 Å². The maximum absolute atomic E-state index is 14.0. The molecule has 0 unspecified atom stereocenters. The fraction of sp³-hybridized carbons (Fsp3) is 0.714. The smallest absolute Gasteiger partial charge is 0.263 e. The molecule has 1 saturated carbocycles. The van der Waals surface area contributed by atoms with E-state index in [0.29, 0.717) is 5.25 Å². The molecule has 6 heteroatoms. The fourth-order valence-electron chi connectivity index (χ4n) is 2.91. The highest BCUT2D eigenvalue weighted by Gasteiger charge is 2.36. The van der Waals surface area contributed by atoms with Gasteiger partial charge in [0.15, 0.2) is 0 Å². The zero-order chi connectivity index (χ0) is 19.4. The Balaban J connectivity index is 2.04. The number of nitrogens with one attached hydrogen (secondary N) is 2. The van der Waals surface area contributed by atoms with Crippen LogP contribution < -0.4 is 14.3 Å². The largest absolute Gasteiger partial charge is 0.315 e. The maximum Gasteiger partial charge on any atom is 0.315 e. The van der Waals surface area contributed by atoms with E-state index in [-0.39, 0.29) is 0 Å². The van der Waals surface area contributed by atoms with Crippen LogP contribution in [0.1, 0.15) is 78.1 Å². The summed E-state index contributed by atoms with van der Waals surface area (Å²) in [6.45, 7) is 6.04. The van der Waals surface area contributed by atoms with Gasteiger partial charge in [-0.3, -0.25) is 4.57 Å². The van der Waals surface area contributed by atoms with Crippen molar-refractivity contribution in [1.29, 1.82) is 0 Å². The second-order valence-electron chi connectivity index (χ2n) is 7.43. The molecule has 0 bridgehead atoms. The number of anilines is 1. The van der Waals surface area contributed by atoms with E-state index in [4.69, 9.17) is 0 Å². The van der Waals surface area contributed by atoms with Crippen molar-refractivity contribution in [2.45, 2.75) is 83.3 Å². The van der Waals surface area contributed by atoms with E-state index in [0.717, 1.165) is 31.6 Å². The van der Waals surface area contributed by atoms with Gasteiger partial charge in [0, 0.05) is 18.3 Å². The van der Waals surface area contributed by atoms with Gasteiger partial charge in [0.05, 0.1) is 5.69 Å². The van der Waals surface area contributed by atoms with Gasteiger partial charge in [0.25, 0.3) is 0 Å². The van der Waals surface area contributed by atoms with E-state index >= 15 is 0 Å². The van der Waals surface area contributed by atoms with Gasteiger partial charge in [0.2, 0.25) is 0 Å². The van der Waals surface area contributed by atoms with Crippen LogP contribution in [0.2, 0.25) is 0 Å². The van der Waals surface area contributed by atoms with Crippen LogP contribution in [0.3, 0.4) is 0 Å². The van der Waals surface area contributed by atoms with Crippen molar-refractivity contribution in [1.82, 2.24) is 10.2 Å². The quantitative estimate of drug-likeness (QED) is 0.179. The third-order valence-corrected chi connectivity index (χ3v) is 8.92. The van der Waals surface area contributed by atoms with Crippen molar-refractivity contribution >= 4 is 25.2 Å². The van der Waals surface area contributed by atoms with E-state index in [2.05, 4.69) is 40.2 Å². The monoisotopic (exact) mass is 411 g/mol. The van der Waals surface area contributed by atoms with Crippen LogP contribution in [-0.4, -0.2) is 18.3 Å². The van der Waals surface area contributed by atoms with E-state index in [9.17, 15) is 4.57 Å². The van der Waals surface area contributed by atoms with Gasteiger partial charge in [-0.05, 0) is 49.8 Å². The number of unbranched alkanes of at least 4 members (excludes halogenated alkanes) is 6. The highest BCUT2D eigenvalue weighted by molar-refractivity contribution is 8.07. The van der Waals surface area contributed by atoms with Crippen LogP contribution >= 0.6 is 19.5 Å². The van der Waals surface area contributed by atoms with Crippen molar-refractivity contribution in [2.24, 2.45) is 0 Å². The molecule has 0 spiro atoms. The van der Waals surface area contributed by atoms with Gasteiger partial charge in [-0.1, -0.05) is 70.6 Å².